The average molecular weight is 406 g/mol. The summed E-state index contributed by atoms with van der Waals surface area (Å²) in [5, 5.41) is 15.1. The molecule has 0 bridgehead atoms. The third-order valence-electron chi connectivity index (χ3n) is 6.04. The topological polar surface area (TPSA) is 33.6 Å². The normalized spacial score (nSPS) is 11.8. The summed E-state index contributed by atoms with van der Waals surface area (Å²) >= 11 is 5.69. The van der Waals surface area contributed by atoms with Crippen LogP contribution in [0.1, 0.15) is 11.1 Å². The zero-order valence-corrected chi connectivity index (χ0v) is 17.5. The Bertz CT molecular complexity index is 1620. The molecule has 4 heteroatoms. The third-order valence-corrected chi connectivity index (χ3v) is 6.32. The molecule has 0 saturated carbocycles. The van der Waals surface area contributed by atoms with Gasteiger partial charge in [0.1, 0.15) is 0 Å². The van der Waals surface area contributed by atoms with E-state index in [9.17, 15) is 0 Å². The van der Waals surface area contributed by atoms with Crippen molar-refractivity contribution in [2.24, 2.45) is 0 Å². The van der Waals surface area contributed by atoms with Crippen LogP contribution in [-0.4, -0.2) is 14.8 Å². The maximum atomic E-state index is 5.69. The van der Waals surface area contributed by atoms with Crippen LogP contribution in [0.2, 0.25) is 0 Å². The number of hydrogen-bond acceptors (Lipinski definition) is 2. The number of H-pyrrole nitrogens is 1. The first-order valence-electron chi connectivity index (χ1n) is 10.0. The first kappa shape index (κ1) is 17.4. The lowest BCUT2D eigenvalue weighted by Crippen LogP contribution is -2.01. The molecule has 0 amide bonds. The lowest BCUT2D eigenvalue weighted by molar-refractivity contribution is 1.04. The van der Waals surface area contributed by atoms with E-state index in [0.29, 0.717) is 4.77 Å². The number of aromatic amines is 1. The van der Waals surface area contributed by atoms with E-state index in [1.54, 1.807) is 0 Å². The summed E-state index contributed by atoms with van der Waals surface area (Å²) in [5.41, 5.74) is 4.55. The van der Waals surface area contributed by atoms with Crippen LogP contribution in [0.15, 0.2) is 72.8 Å². The van der Waals surface area contributed by atoms with E-state index < -0.39 is 0 Å². The van der Waals surface area contributed by atoms with Crippen LogP contribution in [-0.2, 0) is 0 Å². The smallest absolute Gasteiger partial charge is 0.200 e. The highest BCUT2D eigenvalue weighted by molar-refractivity contribution is 7.71. The molecule has 3 nitrogen and oxygen atoms in total. The van der Waals surface area contributed by atoms with Gasteiger partial charge in [-0.3, -0.25) is 9.67 Å². The van der Waals surface area contributed by atoms with Crippen LogP contribution in [0.25, 0.3) is 49.4 Å². The number of hydrogen-bond donors (Lipinski definition) is 1. The summed E-state index contributed by atoms with van der Waals surface area (Å²) in [4.78, 5) is 0. The Hall–Kier alpha value is -3.50. The summed E-state index contributed by atoms with van der Waals surface area (Å²) in [6, 6.07) is 26.1. The van der Waals surface area contributed by atoms with E-state index in [1.807, 2.05) is 0 Å². The summed E-state index contributed by atoms with van der Waals surface area (Å²) in [6.07, 6.45) is 0. The zero-order valence-electron chi connectivity index (χ0n) is 16.7. The molecule has 0 saturated heterocycles. The minimum Gasteiger partial charge on any atom is -0.268 e. The average Bonchev–Trinajstić information content (AvgIpc) is 3.13. The Labute approximate surface area is 178 Å². The molecule has 0 aliphatic rings. The molecule has 0 aliphatic heterocycles. The maximum absolute atomic E-state index is 5.69. The molecule has 0 spiro atoms. The van der Waals surface area contributed by atoms with E-state index in [-0.39, 0.29) is 0 Å². The number of benzene rings is 5. The molecule has 1 N–H and O–H groups in total. The van der Waals surface area contributed by atoms with E-state index in [1.165, 1.54) is 43.4 Å². The fourth-order valence-corrected chi connectivity index (χ4v) is 4.91. The molecule has 0 aliphatic carbocycles. The predicted molar refractivity (Wildman–Crippen MR) is 127 cm³/mol. The zero-order chi connectivity index (χ0) is 20.4. The van der Waals surface area contributed by atoms with Gasteiger partial charge in [-0.2, -0.15) is 5.10 Å². The summed E-state index contributed by atoms with van der Waals surface area (Å²) in [6.45, 7) is 4.23. The second kappa shape index (κ2) is 6.25. The molecule has 5 aromatic carbocycles. The van der Waals surface area contributed by atoms with Crippen molar-refractivity contribution in [3.05, 3.63) is 88.7 Å². The van der Waals surface area contributed by atoms with Gasteiger partial charge >= 0.3 is 0 Å². The minimum atomic E-state index is 0.597. The lowest BCUT2D eigenvalue weighted by atomic mass is 9.93. The Morgan fingerprint density at radius 2 is 1.50 bits per heavy atom. The molecule has 6 aromatic rings. The van der Waals surface area contributed by atoms with Crippen molar-refractivity contribution >= 4 is 44.5 Å². The van der Waals surface area contributed by atoms with Gasteiger partial charge in [-0.05, 0) is 64.6 Å². The van der Waals surface area contributed by atoms with Crippen molar-refractivity contribution in [1.82, 2.24) is 14.8 Å². The van der Waals surface area contributed by atoms with Gasteiger partial charge in [-0.1, -0.05) is 72.3 Å². The molecule has 6 rings (SSSR count). The Kier molecular flexibility index (Phi) is 3.62. The van der Waals surface area contributed by atoms with E-state index in [2.05, 4.69) is 101 Å². The van der Waals surface area contributed by atoms with Crippen LogP contribution in [0.5, 0.6) is 0 Å². The van der Waals surface area contributed by atoms with Crippen molar-refractivity contribution in [2.45, 2.75) is 13.8 Å². The van der Waals surface area contributed by atoms with Gasteiger partial charge in [0.25, 0.3) is 0 Å². The molecule has 0 fully saturated rings. The van der Waals surface area contributed by atoms with Gasteiger partial charge in [0.15, 0.2) is 10.6 Å². The highest BCUT2D eigenvalue weighted by Gasteiger charge is 2.17. The van der Waals surface area contributed by atoms with Crippen molar-refractivity contribution in [3.63, 3.8) is 0 Å². The first-order chi connectivity index (χ1) is 14.6. The number of nitrogens with zero attached hydrogens (tertiary/aromatic N) is 2. The van der Waals surface area contributed by atoms with Crippen molar-refractivity contribution < 1.29 is 0 Å². The molecule has 1 aromatic heterocycles. The summed E-state index contributed by atoms with van der Waals surface area (Å²) in [5.74, 6) is 0.840. The number of aromatic nitrogens is 3. The SMILES string of the molecule is Cc1ccc(-c2n[nH]c(=S)n2-c2ccc3ccc4cccc5ccc2c3c45)c(C)c1. The fourth-order valence-electron chi connectivity index (χ4n) is 4.68. The second-order valence-corrected chi connectivity index (χ2v) is 8.33. The van der Waals surface area contributed by atoms with Gasteiger partial charge in [-0.25, -0.2) is 0 Å². The number of aryl methyl sites for hydroxylation is 2. The monoisotopic (exact) mass is 405 g/mol. The van der Waals surface area contributed by atoms with Crippen LogP contribution in [0, 0.1) is 18.6 Å². The van der Waals surface area contributed by atoms with Crippen LogP contribution in [0.3, 0.4) is 0 Å². The van der Waals surface area contributed by atoms with Gasteiger partial charge in [-0.15, -0.1) is 0 Å². The van der Waals surface area contributed by atoms with Crippen LogP contribution < -0.4 is 0 Å². The summed E-state index contributed by atoms with van der Waals surface area (Å²) < 4.78 is 2.67. The van der Waals surface area contributed by atoms with Gasteiger partial charge < -0.3 is 0 Å². The van der Waals surface area contributed by atoms with Crippen molar-refractivity contribution in [1.29, 1.82) is 0 Å². The van der Waals surface area contributed by atoms with E-state index in [0.717, 1.165) is 17.1 Å². The van der Waals surface area contributed by atoms with Crippen LogP contribution >= 0.6 is 12.2 Å². The molecule has 0 radical (unpaired) electrons. The largest absolute Gasteiger partial charge is 0.268 e. The van der Waals surface area contributed by atoms with E-state index in [4.69, 9.17) is 12.2 Å². The Morgan fingerprint density at radius 3 is 2.27 bits per heavy atom. The number of rotatable bonds is 2. The molecular weight excluding hydrogens is 386 g/mol. The molecule has 144 valence electrons. The Balaban J connectivity index is 1.73. The molecular formula is C26H19N3S. The molecule has 30 heavy (non-hydrogen) atoms. The molecule has 1 heterocycles. The predicted octanol–water partition coefficient (Wildman–Crippen LogP) is 7.11. The molecule has 0 atom stereocenters. The van der Waals surface area contributed by atoms with Crippen molar-refractivity contribution in [2.75, 3.05) is 0 Å². The number of nitrogens with one attached hydrogen (secondary N) is 1. The first-order valence-corrected chi connectivity index (χ1v) is 10.4. The standard InChI is InChI=1S/C26H19N3S/c1-15-6-11-20(16(2)14-15)25-27-28-26(30)29(25)22-13-10-19-8-7-17-4-3-5-18-9-12-21(22)24(19)23(17)18/h3-14H,1-2H3,(H,28,30). The second-order valence-electron chi connectivity index (χ2n) is 7.95. The van der Waals surface area contributed by atoms with Crippen molar-refractivity contribution in [3.8, 4) is 17.1 Å². The third kappa shape index (κ3) is 2.37. The van der Waals surface area contributed by atoms with Gasteiger partial charge in [0.05, 0.1) is 5.69 Å². The Morgan fingerprint density at radius 1 is 0.800 bits per heavy atom. The highest BCUT2D eigenvalue weighted by Crippen LogP contribution is 2.38. The summed E-state index contributed by atoms with van der Waals surface area (Å²) in [7, 11) is 0. The highest BCUT2D eigenvalue weighted by atomic mass is 32.1. The molecule has 0 unspecified atom stereocenters. The van der Waals surface area contributed by atoms with Gasteiger partial charge in [0, 0.05) is 10.9 Å². The lowest BCUT2D eigenvalue weighted by Gasteiger charge is -2.16. The minimum absolute atomic E-state index is 0.597. The quantitative estimate of drug-likeness (QED) is 0.246. The maximum Gasteiger partial charge on any atom is 0.200 e. The van der Waals surface area contributed by atoms with Gasteiger partial charge in [0.2, 0.25) is 0 Å². The van der Waals surface area contributed by atoms with E-state index >= 15 is 0 Å². The fraction of sp³-hybridized carbons (Fsp3) is 0.0769. The van der Waals surface area contributed by atoms with Crippen LogP contribution in [0.4, 0.5) is 0 Å².